The fourth-order valence-corrected chi connectivity index (χ4v) is 2.12. The van der Waals surface area contributed by atoms with Gasteiger partial charge in [-0.1, -0.05) is 6.92 Å². The van der Waals surface area contributed by atoms with Crippen molar-refractivity contribution in [1.82, 2.24) is 20.2 Å². The van der Waals surface area contributed by atoms with Crippen LogP contribution in [-0.4, -0.2) is 31.0 Å². The van der Waals surface area contributed by atoms with Crippen molar-refractivity contribution >= 4 is 17.3 Å². The van der Waals surface area contributed by atoms with Crippen LogP contribution < -0.4 is 5.32 Å². The summed E-state index contributed by atoms with van der Waals surface area (Å²) in [4.78, 5) is 31.0. The maximum absolute atomic E-state index is 12.1. The minimum absolute atomic E-state index is 0.242. The van der Waals surface area contributed by atoms with Gasteiger partial charge in [-0.2, -0.15) is 5.10 Å². The van der Waals surface area contributed by atoms with Gasteiger partial charge in [-0.3, -0.25) is 20.0 Å². The van der Waals surface area contributed by atoms with E-state index in [2.05, 4.69) is 25.5 Å². The van der Waals surface area contributed by atoms with Crippen molar-refractivity contribution in [1.29, 1.82) is 0 Å². The molecule has 2 aromatic heterocycles. The van der Waals surface area contributed by atoms with E-state index >= 15 is 0 Å². The Hall–Kier alpha value is -2.84. The second kappa shape index (κ2) is 5.51. The van der Waals surface area contributed by atoms with Crippen molar-refractivity contribution in [3.63, 3.8) is 0 Å². The van der Waals surface area contributed by atoms with Crippen molar-refractivity contribution in [3.05, 3.63) is 39.7 Å². The molecule has 1 amide bonds. The lowest BCUT2D eigenvalue weighted by molar-refractivity contribution is -0.385. The predicted octanol–water partition coefficient (Wildman–Crippen LogP) is 1.80. The number of amides is 1. The molecule has 1 saturated carbocycles. The average Bonchev–Trinajstić information content (AvgIpc) is 3.25. The Balaban J connectivity index is 1.79. The molecule has 0 radical (unpaired) electrons. The quantitative estimate of drug-likeness (QED) is 0.640. The number of rotatable bonds is 5. The number of H-pyrrole nitrogens is 1. The number of nitrogens with zero attached hydrogens (tertiary/aromatic N) is 4. The zero-order chi connectivity index (χ0) is 15.7. The van der Waals surface area contributed by atoms with Crippen LogP contribution in [0.4, 0.5) is 11.4 Å². The highest BCUT2D eigenvalue weighted by atomic mass is 16.6. The Bertz CT molecular complexity index is 720. The number of nitrogens with one attached hydrogen (secondary N) is 2. The summed E-state index contributed by atoms with van der Waals surface area (Å²) in [5.74, 6) is 0.520. The molecule has 0 saturated heterocycles. The summed E-state index contributed by atoms with van der Waals surface area (Å²) in [6.07, 6.45) is 5.56. The van der Waals surface area contributed by atoms with E-state index in [9.17, 15) is 14.9 Å². The van der Waals surface area contributed by atoms with Crippen LogP contribution in [0.3, 0.4) is 0 Å². The van der Waals surface area contributed by atoms with Crippen LogP contribution in [0.2, 0.25) is 0 Å². The van der Waals surface area contributed by atoms with E-state index < -0.39 is 10.8 Å². The Morgan fingerprint density at radius 2 is 2.14 bits per heavy atom. The predicted molar refractivity (Wildman–Crippen MR) is 76.6 cm³/mol. The summed E-state index contributed by atoms with van der Waals surface area (Å²) in [5.41, 5.74) is 0.156. The summed E-state index contributed by atoms with van der Waals surface area (Å²) in [5, 5.41) is 19.9. The molecule has 22 heavy (non-hydrogen) atoms. The van der Waals surface area contributed by atoms with E-state index in [1.54, 1.807) is 6.92 Å². The highest BCUT2D eigenvalue weighted by Crippen LogP contribution is 2.37. The van der Waals surface area contributed by atoms with E-state index in [4.69, 9.17) is 0 Å². The molecule has 9 heteroatoms. The van der Waals surface area contributed by atoms with Gasteiger partial charge in [0.15, 0.2) is 0 Å². The first-order valence-electron chi connectivity index (χ1n) is 6.95. The zero-order valence-corrected chi connectivity index (χ0v) is 11.9. The number of hydrogen-bond donors (Lipinski definition) is 2. The number of carbonyl (C=O) groups excluding carboxylic acids is 1. The summed E-state index contributed by atoms with van der Waals surface area (Å²) in [7, 11) is 0. The molecule has 1 aliphatic carbocycles. The molecule has 0 aromatic carbocycles. The van der Waals surface area contributed by atoms with Crippen LogP contribution in [0.5, 0.6) is 0 Å². The Morgan fingerprint density at radius 1 is 1.45 bits per heavy atom. The molecule has 3 rings (SSSR count). The van der Waals surface area contributed by atoms with E-state index in [0.29, 0.717) is 23.7 Å². The number of carbonyl (C=O) groups is 1. The minimum atomic E-state index is -0.662. The monoisotopic (exact) mass is 302 g/mol. The first kappa shape index (κ1) is 14.1. The smallest absolute Gasteiger partial charge is 0.318 e. The first-order valence-corrected chi connectivity index (χ1v) is 6.95. The molecular weight excluding hydrogens is 288 g/mol. The Kier molecular flexibility index (Phi) is 3.53. The third-order valence-corrected chi connectivity index (χ3v) is 3.44. The van der Waals surface area contributed by atoms with E-state index in [-0.39, 0.29) is 11.4 Å². The van der Waals surface area contributed by atoms with E-state index in [0.717, 1.165) is 18.7 Å². The number of aromatic nitrogens is 4. The normalized spacial score (nSPS) is 13.9. The van der Waals surface area contributed by atoms with Gasteiger partial charge in [0.2, 0.25) is 5.69 Å². The summed E-state index contributed by atoms with van der Waals surface area (Å²) >= 11 is 0. The van der Waals surface area contributed by atoms with Crippen LogP contribution in [-0.2, 0) is 6.42 Å². The lowest BCUT2D eigenvalue weighted by Gasteiger charge is -2.03. The average molecular weight is 302 g/mol. The SMILES string of the molecule is CCc1[nH]nc(C(=O)Nc2cnc(C3CC3)nc2)c1[N+](=O)[O-]. The molecule has 0 spiro atoms. The maximum Gasteiger partial charge on any atom is 0.322 e. The highest BCUT2D eigenvalue weighted by Gasteiger charge is 2.29. The van der Waals surface area contributed by atoms with Gasteiger partial charge in [0.1, 0.15) is 11.5 Å². The molecule has 2 N–H and O–H groups in total. The van der Waals surface area contributed by atoms with Crippen molar-refractivity contribution in [3.8, 4) is 0 Å². The van der Waals surface area contributed by atoms with Gasteiger partial charge in [0.05, 0.1) is 23.0 Å². The fourth-order valence-electron chi connectivity index (χ4n) is 2.12. The van der Waals surface area contributed by atoms with Crippen molar-refractivity contribution in [2.24, 2.45) is 0 Å². The van der Waals surface area contributed by atoms with Gasteiger partial charge in [-0.15, -0.1) is 0 Å². The fraction of sp³-hybridized carbons (Fsp3) is 0.385. The summed E-state index contributed by atoms with van der Waals surface area (Å²) < 4.78 is 0. The molecule has 9 nitrogen and oxygen atoms in total. The maximum atomic E-state index is 12.1. The summed E-state index contributed by atoms with van der Waals surface area (Å²) in [6.45, 7) is 1.74. The first-order chi connectivity index (χ1) is 10.6. The minimum Gasteiger partial charge on any atom is -0.318 e. The number of aromatic amines is 1. The van der Waals surface area contributed by atoms with Crippen LogP contribution in [0.25, 0.3) is 0 Å². The van der Waals surface area contributed by atoms with Crippen LogP contribution >= 0.6 is 0 Å². The molecule has 2 heterocycles. The standard InChI is InChI=1S/C13H14N6O3/c1-2-9-11(19(21)22)10(18-17-9)13(20)16-8-5-14-12(15-6-8)7-3-4-7/h5-7H,2-4H2,1H3,(H,16,20)(H,17,18). The lowest BCUT2D eigenvalue weighted by Crippen LogP contribution is -2.15. The summed E-state index contributed by atoms with van der Waals surface area (Å²) in [6, 6.07) is 0. The molecular formula is C13H14N6O3. The van der Waals surface area contributed by atoms with Gasteiger partial charge in [0, 0.05) is 5.92 Å². The van der Waals surface area contributed by atoms with Crippen molar-refractivity contribution in [2.45, 2.75) is 32.1 Å². The van der Waals surface area contributed by atoms with Crippen LogP contribution in [0.1, 0.15) is 47.7 Å². The molecule has 1 aliphatic rings. The van der Waals surface area contributed by atoms with Crippen LogP contribution in [0.15, 0.2) is 12.4 Å². The number of anilines is 1. The van der Waals surface area contributed by atoms with Gasteiger partial charge in [0.25, 0.3) is 5.91 Å². The number of hydrogen-bond acceptors (Lipinski definition) is 6. The van der Waals surface area contributed by atoms with E-state index in [1.165, 1.54) is 12.4 Å². The third kappa shape index (κ3) is 2.65. The van der Waals surface area contributed by atoms with Gasteiger partial charge in [-0.25, -0.2) is 9.97 Å². The molecule has 114 valence electrons. The van der Waals surface area contributed by atoms with Gasteiger partial charge < -0.3 is 5.32 Å². The van der Waals surface area contributed by atoms with Gasteiger partial charge >= 0.3 is 5.69 Å². The van der Waals surface area contributed by atoms with Crippen molar-refractivity contribution in [2.75, 3.05) is 5.32 Å². The van der Waals surface area contributed by atoms with Gasteiger partial charge in [-0.05, 0) is 19.3 Å². The molecule has 2 aromatic rings. The lowest BCUT2D eigenvalue weighted by atomic mass is 10.2. The van der Waals surface area contributed by atoms with E-state index in [1.807, 2.05) is 0 Å². The largest absolute Gasteiger partial charge is 0.322 e. The molecule has 0 atom stereocenters. The second-order valence-corrected chi connectivity index (χ2v) is 5.07. The Morgan fingerprint density at radius 3 is 2.68 bits per heavy atom. The highest BCUT2D eigenvalue weighted by molar-refractivity contribution is 6.05. The molecule has 0 unspecified atom stereocenters. The zero-order valence-electron chi connectivity index (χ0n) is 11.9. The van der Waals surface area contributed by atoms with Crippen LogP contribution in [0, 0.1) is 10.1 Å². The topological polar surface area (TPSA) is 127 Å². The molecule has 0 aliphatic heterocycles. The molecule has 1 fully saturated rings. The molecule has 0 bridgehead atoms. The van der Waals surface area contributed by atoms with Crippen molar-refractivity contribution < 1.29 is 9.72 Å². The Labute approximate surface area is 125 Å². The number of aryl methyl sites for hydroxylation is 1. The third-order valence-electron chi connectivity index (χ3n) is 3.44. The second-order valence-electron chi connectivity index (χ2n) is 5.07. The number of nitro groups is 1.